The van der Waals surface area contributed by atoms with Crippen LogP contribution in [0.5, 0.6) is 0 Å². The van der Waals surface area contributed by atoms with Gasteiger partial charge in [0.15, 0.2) is 5.96 Å². The molecule has 0 bridgehead atoms. The van der Waals surface area contributed by atoms with Crippen molar-refractivity contribution in [1.82, 2.24) is 16.0 Å². The highest BCUT2D eigenvalue weighted by Crippen LogP contribution is 2.06. The second-order valence-electron chi connectivity index (χ2n) is 8.20. The number of thioether (sulfide) groups is 1. The number of primary amides is 1. The van der Waals surface area contributed by atoms with Gasteiger partial charge in [-0.1, -0.05) is 13.8 Å². The maximum Gasteiger partial charge on any atom is 0.326 e. The van der Waals surface area contributed by atoms with Crippen LogP contribution < -0.4 is 38.9 Å². The van der Waals surface area contributed by atoms with Gasteiger partial charge in [0.25, 0.3) is 0 Å². The Morgan fingerprint density at radius 1 is 0.914 bits per heavy atom. The number of aliphatic imine (C=N–C) groups is 1. The van der Waals surface area contributed by atoms with Gasteiger partial charge in [-0.25, -0.2) is 4.79 Å². The van der Waals surface area contributed by atoms with Crippen molar-refractivity contribution >= 4 is 47.3 Å². The summed E-state index contributed by atoms with van der Waals surface area (Å²) >= 11 is 1.51. The Morgan fingerprint density at radius 3 is 1.97 bits per heavy atom. The fourth-order valence-electron chi connectivity index (χ4n) is 2.88. The van der Waals surface area contributed by atoms with Crippen LogP contribution in [0.2, 0.25) is 0 Å². The topological polar surface area (TPSA) is 258 Å². The molecular formula is C20H38N8O6S. The number of nitrogens with one attached hydrogen (secondary N) is 3. The molecule has 4 amide bonds. The first-order valence-corrected chi connectivity index (χ1v) is 12.4. The second-order valence-corrected chi connectivity index (χ2v) is 9.18. The minimum atomic E-state index is -1.46. The van der Waals surface area contributed by atoms with E-state index in [2.05, 4.69) is 20.9 Å². The number of guanidine groups is 1. The average Bonchev–Trinajstić information content (AvgIpc) is 2.75. The number of hydrogen-bond acceptors (Lipinski definition) is 8. The monoisotopic (exact) mass is 518 g/mol. The minimum Gasteiger partial charge on any atom is -0.480 e. The molecule has 0 heterocycles. The van der Waals surface area contributed by atoms with Gasteiger partial charge in [-0.2, -0.15) is 11.8 Å². The van der Waals surface area contributed by atoms with Crippen molar-refractivity contribution in [2.75, 3.05) is 18.6 Å². The number of hydrogen-bond donors (Lipinski definition) is 8. The first-order chi connectivity index (χ1) is 16.3. The smallest absolute Gasteiger partial charge is 0.326 e. The molecule has 12 N–H and O–H groups in total. The van der Waals surface area contributed by atoms with Crippen LogP contribution in [0.1, 0.15) is 39.5 Å². The van der Waals surface area contributed by atoms with Gasteiger partial charge in [0.05, 0.1) is 12.5 Å². The zero-order valence-corrected chi connectivity index (χ0v) is 21.1. The summed E-state index contributed by atoms with van der Waals surface area (Å²) in [5.74, 6) is -4.38. The Hall–Kier alpha value is -3.07. The molecule has 4 unspecified atom stereocenters. The molecule has 0 radical (unpaired) electrons. The van der Waals surface area contributed by atoms with Crippen LogP contribution in [0.15, 0.2) is 4.99 Å². The number of carbonyl (C=O) groups is 5. The number of carboxylic acid groups (broad SMARTS) is 1. The molecule has 0 rings (SSSR count). The highest BCUT2D eigenvalue weighted by molar-refractivity contribution is 7.98. The first-order valence-electron chi connectivity index (χ1n) is 11.0. The minimum absolute atomic E-state index is 0.0955. The summed E-state index contributed by atoms with van der Waals surface area (Å²) in [6, 6.07) is -4.69. The molecule has 0 aliphatic heterocycles. The van der Waals surface area contributed by atoms with Crippen molar-refractivity contribution in [2.45, 2.75) is 63.7 Å². The van der Waals surface area contributed by atoms with Crippen molar-refractivity contribution < 1.29 is 29.1 Å². The predicted molar refractivity (Wildman–Crippen MR) is 133 cm³/mol. The molecule has 0 aliphatic rings. The lowest BCUT2D eigenvalue weighted by Crippen LogP contribution is -2.58. The maximum atomic E-state index is 13.0. The number of nitrogens with zero attached hydrogens (tertiary/aromatic N) is 1. The summed E-state index contributed by atoms with van der Waals surface area (Å²) in [5, 5.41) is 16.5. The van der Waals surface area contributed by atoms with Gasteiger partial charge in [0.2, 0.25) is 23.6 Å². The lowest BCUT2D eigenvalue weighted by Gasteiger charge is -2.25. The van der Waals surface area contributed by atoms with Crippen LogP contribution in [0.3, 0.4) is 0 Å². The molecule has 4 atom stereocenters. The van der Waals surface area contributed by atoms with Crippen molar-refractivity contribution in [1.29, 1.82) is 0 Å². The van der Waals surface area contributed by atoms with Crippen molar-refractivity contribution in [2.24, 2.45) is 33.8 Å². The highest BCUT2D eigenvalue weighted by Gasteiger charge is 2.32. The van der Waals surface area contributed by atoms with Crippen LogP contribution in [0.4, 0.5) is 0 Å². The van der Waals surface area contributed by atoms with Crippen molar-refractivity contribution in [3.8, 4) is 0 Å². The van der Waals surface area contributed by atoms with Crippen LogP contribution >= 0.6 is 11.8 Å². The molecule has 0 aromatic rings. The zero-order chi connectivity index (χ0) is 27.1. The van der Waals surface area contributed by atoms with E-state index in [0.29, 0.717) is 18.6 Å². The van der Waals surface area contributed by atoms with Gasteiger partial charge >= 0.3 is 5.97 Å². The summed E-state index contributed by atoms with van der Waals surface area (Å²) in [6.45, 7) is 3.35. The molecule has 35 heavy (non-hydrogen) atoms. The Kier molecular flexibility index (Phi) is 15.1. The third kappa shape index (κ3) is 13.4. The molecular weight excluding hydrogens is 480 g/mol. The van der Waals surface area contributed by atoms with E-state index >= 15 is 0 Å². The Labute approximate surface area is 208 Å². The Bertz CT molecular complexity index is 775. The molecule has 0 fully saturated rings. The number of carboxylic acids is 1. The van der Waals surface area contributed by atoms with Crippen LogP contribution in [0, 0.1) is 5.92 Å². The van der Waals surface area contributed by atoms with Gasteiger partial charge in [-0.3, -0.25) is 24.2 Å². The van der Waals surface area contributed by atoms with Crippen LogP contribution in [-0.4, -0.2) is 83.4 Å². The van der Waals surface area contributed by atoms with E-state index in [1.54, 1.807) is 13.8 Å². The van der Waals surface area contributed by atoms with E-state index in [4.69, 9.17) is 22.9 Å². The van der Waals surface area contributed by atoms with E-state index in [-0.39, 0.29) is 18.9 Å². The van der Waals surface area contributed by atoms with E-state index < -0.39 is 66.1 Å². The second kappa shape index (κ2) is 16.5. The van der Waals surface area contributed by atoms with Gasteiger partial charge in [-0.15, -0.1) is 0 Å². The third-order valence-electron chi connectivity index (χ3n) is 4.82. The van der Waals surface area contributed by atoms with Gasteiger partial charge < -0.3 is 44.0 Å². The van der Waals surface area contributed by atoms with E-state index in [1.165, 1.54) is 11.8 Å². The number of carbonyl (C=O) groups excluding carboxylic acids is 4. The summed E-state index contributed by atoms with van der Waals surface area (Å²) in [5.41, 5.74) is 21.7. The van der Waals surface area contributed by atoms with Gasteiger partial charge in [0, 0.05) is 6.54 Å². The highest BCUT2D eigenvalue weighted by atomic mass is 32.2. The van der Waals surface area contributed by atoms with Crippen LogP contribution in [0.25, 0.3) is 0 Å². The SMILES string of the molecule is CSCCC(N)C(=O)NC(CCCN=C(N)N)C(=O)NC(CC(N)=O)C(=O)NC(C(=O)O)C(C)C. The van der Waals surface area contributed by atoms with Crippen LogP contribution in [-0.2, 0) is 24.0 Å². The molecule has 0 spiro atoms. The van der Waals surface area contributed by atoms with E-state index in [9.17, 15) is 29.1 Å². The van der Waals surface area contributed by atoms with Gasteiger partial charge in [-0.05, 0) is 37.2 Å². The predicted octanol–water partition coefficient (Wildman–Crippen LogP) is -2.81. The van der Waals surface area contributed by atoms with E-state index in [0.717, 1.165) is 0 Å². The molecule has 14 nitrogen and oxygen atoms in total. The van der Waals surface area contributed by atoms with Gasteiger partial charge in [0.1, 0.15) is 18.1 Å². The molecule has 0 saturated carbocycles. The first kappa shape index (κ1) is 31.9. The molecule has 15 heteroatoms. The quantitative estimate of drug-likeness (QED) is 0.0556. The number of rotatable bonds is 17. The number of nitrogens with two attached hydrogens (primary N) is 4. The Balaban J connectivity index is 5.58. The largest absolute Gasteiger partial charge is 0.480 e. The van der Waals surface area contributed by atoms with Crippen molar-refractivity contribution in [3.05, 3.63) is 0 Å². The van der Waals surface area contributed by atoms with E-state index in [1.807, 2.05) is 6.26 Å². The normalized spacial score (nSPS) is 14.2. The summed E-state index contributed by atoms with van der Waals surface area (Å²) in [7, 11) is 0. The zero-order valence-electron chi connectivity index (χ0n) is 20.3. The number of aliphatic carboxylic acids is 1. The molecule has 0 saturated heterocycles. The fourth-order valence-corrected chi connectivity index (χ4v) is 3.37. The average molecular weight is 519 g/mol. The lowest BCUT2D eigenvalue weighted by atomic mass is 10.0. The summed E-state index contributed by atoms with van der Waals surface area (Å²) in [6.07, 6.45) is 2.07. The molecule has 0 aromatic heterocycles. The summed E-state index contributed by atoms with van der Waals surface area (Å²) < 4.78 is 0. The van der Waals surface area contributed by atoms with Crippen molar-refractivity contribution in [3.63, 3.8) is 0 Å². The fraction of sp³-hybridized carbons (Fsp3) is 0.700. The standard InChI is InChI=1S/C20H38N8O6S/c1-10(2)15(19(33)34)28-18(32)13(9-14(22)29)27-17(31)12(5-4-7-25-20(23)24)26-16(30)11(21)6-8-35-3/h10-13,15H,4-9,21H2,1-3H3,(H2,22,29)(H,26,30)(H,27,31)(H,28,32)(H,33,34)(H4,23,24,25). The number of amides is 4. The summed E-state index contributed by atoms with van der Waals surface area (Å²) in [4.78, 5) is 64.9. The third-order valence-corrected chi connectivity index (χ3v) is 5.46. The Morgan fingerprint density at radius 2 is 1.49 bits per heavy atom. The lowest BCUT2D eigenvalue weighted by molar-refractivity contribution is -0.143. The molecule has 0 aliphatic carbocycles. The molecule has 200 valence electrons. The maximum absolute atomic E-state index is 13.0. The molecule has 0 aromatic carbocycles.